The highest BCUT2D eigenvalue weighted by Gasteiger charge is 2.28. The zero-order chi connectivity index (χ0) is 19.0. The number of nitrogens with one attached hydrogen (secondary N) is 1. The van der Waals surface area contributed by atoms with Crippen LogP contribution in [0.2, 0.25) is 0 Å². The van der Waals surface area contributed by atoms with Gasteiger partial charge < -0.3 is 14.6 Å². The number of rotatable bonds is 6. The first-order valence-corrected chi connectivity index (χ1v) is 9.28. The topological polar surface area (TPSA) is 77.4 Å². The molecule has 140 valence electrons. The van der Waals surface area contributed by atoms with Gasteiger partial charge in [0.25, 0.3) is 11.5 Å². The lowest BCUT2D eigenvalue weighted by atomic mass is 10.0. The van der Waals surface area contributed by atoms with E-state index in [2.05, 4.69) is 5.32 Å². The van der Waals surface area contributed by atoms with E-state index in [1.54, 1.807) is 6.20 Å². The maximum atomic E-state index is 12.8. The molecule has 6 nitrogen and oxygen atoms in total. The Morgan fingerprint density at radius 2 is 2.04 bits per heavy atom. The number of amides is 1. The summed E-state index contributed by atoms with van der Waals surface area (Å²) in [6, 6.07) is 9.17. The highest BCUT2D eigenvalue weighted by atomic mass is 16.5. The van der Waals surface area contributed by atoms with E-state index in [-0.39, 0.29) is 22.8 Å². The van der Waals surface area contributed by atoms with E-state index in [9.17, 15) is 14.4 Å². The highest BCUT2D eigenvalue weighted by molar-refractivity contribution is 6.00. The predicted molar refractivity (Wildman–Crippen MR) is 100 cm³/mol. The van der Waals surface area contributed by atoms with E-state index in [1.807, 2.05) is 24.3 Å². The van der Waals surface area contributed by atoms with Crippen LogP contribution in [-0.4, -0.2) is 29.9 Å². The fourth-order valence-corrected chi connectivity index (χ4v) is 3.54. The molecule has 1 aliphatic heterocycles. The first kappa shape index (κ1) is 17.5. The average Bonchev–Trinajstić information content (AvgIpc) is 3.41. The molecule has 2 heterocycles. The van der Waals surface area contributed by atoms with Crippen LogP contribution in [0.5, 0.6) is 5.75 Å². The van der Waals surface area contributed by atoms with Crippen LogP contribution < -0.4 is 15.6 Å². The number of nitrogens with zero attached hydrogens (tertiary/aromatic N) is 1. The van der Waals surface area contributed by atoms with Gasteiger partial charge in [-0.05, 0) is 30.9 Å². The van der Waals surface area contributed by atoms with E-state index < -0.39 is 5.91 Å². The van der Waals surface area contributed by atoms with Crippen LogP contribution >= 0.6 is 0 Å². The number of carbonyl (C=O) groups is 2. The van der Waals surface area contributed by atoms with Crippen LogP contribution in [0.25, 0.3) is 0 Å². The Balaban J connectivity index is 1.69. The van der Waals surface area contributed by atoms with Crippen LogP contribution in [0.15, 0.2) is 41.3 Å². The molecule has 6 heteroatoms. The van der Waals surface area contributed by atoms with Gasteiger partial charge in [0.2, 0.25) is 0 Å². The second-order valence-electron chi connectivity index (χ2n) is 7.30. The molecule has 27 heavy (non-hydrogen) atoms. The third-order valence-corrected chi connectivity index (χ3v) is 5.27. The van der Waals surface area contributed by atoms with Gasteiger partial charge >= 0.3 is 0 Å². The molecule has 0 radical (unpaired) electrons. The Morgan fingerprint density at radius 1 is 1.26 bits per heavy atom. The Hall–Kier alpha value is -2.89. The Kier molecular flexibility index (Phi) is 4.56. The largest absolute Gasteiger partial charge is 0.493 e. The van der Waals surface area contributed by atoms with Crippen molar-refractivity contribution >= 4 is 11.7 Å². The molecular weight excluding hydrogens is 344 g/mol. The maximum absolute atomic E-state index is 12.8. The molecule has 1 amide bonds. The van der Waals surface area contributed by atoms with Gasteiger partial charge in [0.05, 0.1) is 6.61 Å². The van der Waals surface area contributed by atoms with Crippen molar-refractivity contribution in [1.29, 1.82) is 0 Å². The number of hydrogen-bond donors (Lipinski definition) is 1. The van der Waals surface area contributed by atoms with Crippen LogP contribution in [0.1, 0.15) is 51.5 Å². The fourth-order valence-electron chi connectivity index (χ4n) is 3.54. The number of para-hydroxylation sites is 1. The van der Waals surface area contributed by atoms with Crippen LogP contribution in [0, 0.1) is 5.92 Å². The molecule has 1 N–H and O–H groups in total. The number of pyridine rings is 1. The number of aromatic nitrogens is 1. The monoisotopic (exact) mass is 366 g/mol. The number of ketones is 1. The summed E-state index contributed by atoms with van der Waals surface area (Å²) in [5, 5.41) is 2.49. The van der Waals surface area contributed by atoms with Gasteiger partial charge in [-0.2, -0.15) is 0 Å². The Bertz CT molecular complexity index is 959. The molecule has 1 atom stereocenters. The summed E-state index contributed by atoms with van der Waals surface area (Å²) < 4.78 is 7.19. The van der Waals surface area contributed by atoms with Gasteiger partial charge in [-0.25, -0.2) is 0 Å². The SMILES string of the molecule is CNC(=O)c1cc(C(=O)CC2CC2)cn(CC2COc3ccccc32)c1=O. The van der Waals surface area contributed by atoms with Crippen molar-refractivity contribution in [2.45, 2.75) is 31.7 Å². The first-order chi connectivity index (χ1) is 13.1. The minimum Gasteiger partial charge on any atom is -0.493 e. The van der Waals surface area contributed by atoms with E-state index in [0.29, 0.717) is 31.1 Å². The number of benzene rings is 1. The highest BCUT2D eigenvalue weighted by Crippen LogP contribution is 2.35. The number of fused-ring (bicyclic) bond motifs is 1. The van der Waals surface area contributed by atoms with Gasteiger partial charge in [0.15, 0.2) is 5.78 Å². The third-order valence-electron chi connectivity index (χ3n) is 5.27. The van der Waals surface area contributed by atoms with Crippen molar-refractivity contribution in [3.8, 4) is 5.75 Å². The molecule has 0 spiro atoms. The van der Waals surface area contributed by atoms with Gasteiger partial charge in [0, 0.05) is 43.3 Å². The van der Waals surface area contributed by atoms with Crippen molar-refractivity contribution < 1.29 is 14.3 Å². The zero-order valence-electron chi connectivity index (χ0n) is 15.2. The van der Waals surface area contributed by atoms with Crippen molar-refractivity contribution in [2.24, 2.45) is 5.92 Å². The summed E-state index contributed by atoms with van der Waals surface area (Å²) in [6.07, 6.45) is 4.22. The van der Waals surface area contributed by atoms with E-state index in [4.69, 9.17) is 4.74 Å². The van der Waals surface area contributed by atoms with E-state index >= 15 is 0 Å². The van der Waals surface area contributed by atoms with Crippen LogP contribution in [-0.2, 0) is 6.54 Å². The number of Topliss-reactive ketones (excluding diaryl/α,β-unsaturated/α-hetero) is 1. The minimum atomic E-state index is -0.474. The van der Waals surface area contributed by atoms with Crippen LogP contribution in [0.4, 0.5) is 0 Å². The summed E-state index contributed by atoms with van der Waals surface area (Å²) in [5.41, 5.74) is 1.08. The van der Waals surface area contributed by atoms with Crippen molar-refractivity contribution in [1.82, 2.24) is 9.88 Å². The van der Waals surface area contributed by atoms with E-state index in [1.165, 1.54) is 17.7 Å². The summed E-state index contributed by atoms with van der Waals surface area (Å²) in [7, 11) is 1.48. The molecule has 4 rings (SSSR count). The van der Waals surface area contributed by atoms with Crippen LogP contribution in [0.3, 0.4) is 0 Å². The van der Waals surface area contributed by atoms with Gasteiger partial charge in [-0.1, -0.05) is 18.2 Å². The fraction of sp³-hybridized carbons (Fsp3) is 0.381. The standard InChI is InChI=1S/C21H22N2O4/c1-22-20(25)17-9-14(18(24)8-13-6-7-13)10-23(21(17)26)11-15-12-27-19-5-3-2-4-16(15)19/h2-5,9-10,13,15H,6-8,11-12H2,1H3,(H,22,25). The molecule has 0 bridgehead atoms. The molecule has 0 saturated heterocycles. The molecule has 1 aromatic heterocycles. The number of carbonyl (C=O) groups excluding carboxylic acids is 2. The first-order valence-electron chi connectivity index (χ1n) is 9.28. The minimum absolute atomic E-state index is 0.00484. The second kappa shape index (κ2) is 7.02. The zero-order valence-corrected chi connectivity index (χ0v) is 15.2. The molecular formula is C21H22N2O4. The molecule has 1 aromatic carbocycles. The quantitative estimate of drug-likeness (QED) is 0.796. The summed E-state index contributed by atoms with van der Waals surface area (Å²) >= 11 is 0. The summed E-state index contributed by atoms with van der Waals surface area (Å²) in [6.45, 7) is 0.839. The van der Waals surface area contributed by atoms with Gasteiger partial charge in [0.1, 0.15) is 11.3 Å². The van der Waals surface area contributed by atoms with E-state index in [0.717, 1.165) is 24.2 Å². The lowest BCUT2D eigenvalue weighted by Gasteiger charge is -2.14. The molecule has 1 fully saturated rings. The molecule has 2 aliphatic rings. The molecule has 1 saturated carbocycles. The predicted octanol–water partition coefficient (Wildman–Crippen LogP) is 2.37. The molecule has 1 aliphatic carbocycles. The Labute approximate surface area is 157 Å². The van der Waals surface area contributed by atoms with Gasteiger partial charge in [-0.15, -0.1) is 0 Å². The molecule has 2 aromatic rings. The number of ether oxygens (including phenoxy) is 1. The number of hydrogen-bond acceptors (Lipinski definition) is 4. The lowest BCUT2D eigenvalue weighted by molar-refractivity contribution is 0.0961. The van der Waals surface area contributed by atoms with Crippen molar-refractivity contribution in [3.63, 3.8) is 0 Å². The smallest absolute Gasteiger partial charge is 0.263 e. The van der Waals surface area contributed by atoms with Crippen molar-refractivity contribution in [3.05, 3.63) is 63.6 Å². The summed E-state index contributed by atoms with van der Waals surface area (Å²) in [4.78, 5) is 37.6. The van der Waals surface area contributed by atoms with Crippen molar-refractivity contribution in [2.75, 3.05) is 13.7 Å². The van der Waals surface area contributed by atoms with Gasteiger partial charge in [-0.3, -0.25) is 14.4 Å². The normalized spacial score (nSPS) is 17.9. The average molecular weight is 366 g/mol. The molecule has 1 unspecified atom stereocenters. The lowest BCUT2D eigenvalue weighted by Crippen LogP contribution is -2.33. The maximum Gasteiger partial charge on any atom is 0.263 e. The summed E-state index contributed by atoms with van der Waals surface area (Å²) in [5.74, 6) is 0.780. The second-order valence-corrected chi connectivity index (χ2v) is 7.30. The third kappa shape index (κ3) is 3.52. The Morgan fingerprint density at radius 3 is 2.78 bits per heavy atom.